The van der Waals surface area contributed by atoms with Crippen molar-refractivity contribution in [1.29, 1.82) is 0 Å². The Labute approximate surface area is 437 Å². The topological polar surface area (TPSA) is 432 Å². The maximum absolute atomic E-state index is 14.6. The van der Waals surface area contributed by atoms with Crippen LogP contribution in [-0.2, 0) is 28.5 Å². The molecule has 0 aromatic carbocycles. The molecule has 8 rings (SSSR count). The van der Waals surface area contributed by atoms with Crippen LogP contribution in [0.1, 0.15) is 20.1 Å². The maximum Gasteiger partial charge on any atom is 0.351 e. The second-order valence-corrected chi connectivity index (χ2v) is 18.4. The number of aliphatic hydroxyl groups is 10. The van der Waals surface area contributed by atoms with Gasteiger partial charge in [-0.2, -0.15) is 4.98 Å². The van der Waals surface area contributed by atoms with E-state index < -0.39 is 146 Å². The third kappa shape index (κ3) is 11.1. The molecule has 0 spiro atoms. The average Bonchev–Trinajstić information content (AvgIpc) is 3.96. The SMILES string of the molecule is C#C[C@]1(F)[C@H](N2C=CC(=O)NC2=C)O[C@](F)(CO)[C@H]1O.C=C1N=C(N)C=CN1[C@@H]1O[C@](F)(CO)[C@@H](O)[C@@]1(C)O.C=C1NC(=O)C=CN1[C@@H]1O[C@](F)(CO)[C@@H](O)[C@]1(O)CF.C[C@]1(N)[C@H](n2ccc(N)nc2=O)O[C@](F)(CO)[C@H]1O. The van der Waals surface area contributed by atoms with E-state index in [0.717, 1.165) is 38.9 Å². The number of halogens is 6. The highest BCUT2D eigenvalue weighted by molar-refractivity contribution is 5.92. The van der Waals surface area contributed by atoms with Crippen molar-refractivity contribution in [2.45, 2.75) is 109 Å². The Bertz CT molecular complexity index is 2740. The lowest BCUT2D eigenvalue weighted by Crippen LogP contribution is -2.57. The number of hydrogen-bond donors (Lipinski definition) is 15. The van der Waals surface area contributed by atoms with E-state index in [1.807, 2.05) is 0 Å². The Kier molecular flexibility index (Phi) is 17.8. The van der Waals surface area contributed by atoms with E-state index in [2.05, 4.69) is 40.3 Å². The van der Waals surface area contributed by atoms with Crippen LogP contribution in [0.2, 0.25) is 0 Å². The molecule has 0 bridgehead atoms. The van der Waals surface area contributed by atoms with Crippen molar-refractivity contribution in [3.05, 3.63) is 96.8 Å². The summed E-state index contributed by atoms with van der Waals surface area (Å²) < 4.78 is 105. The number of aliphatic imine (C=N–C) groups is 1. The van der Waals surface area contributed by atoms with Crippen LogP contribution < -0.4 is 33.5 Å². The Morgan fingerprint density at radius 1 is 0.692 bits per heavy atom. The molecule has 8 heterocycles. The number of aromatic nitrogens is 2. The number of carbonyl (C=O) groups is 2. The van der Waals surface area contributed by atoms with Gasteiger partial charge in [0.05, 0.1) is 5.54 Å². The van der Waals surface area contributed by atoms with Crippen molar-refractivity contribution in [2.75, 3.05) is 38.8 Å². The molecule has 18 N–H and O–H groups in total. The standard InChI is InChI=1S/C12H12F2N2O4.C11H14F2N2O5.C11H16FN3O4.C10H15FN4O4/c1-3-11(13)9(19)12(14,6-17)20-10(11)16-5-4-8(18)15-7(16)2;1-6-14-7(17)2-3-15(6)9-10(19,4-12)8(18)11(13,5-16)20-9;1-6-14-7(13)3-4-15(6)9-10(2,18)8(17)11(12,5-16)19-9;1-9(13)6(17)10(11,4-16)19-7(9)15-3-2-5(12)14-8(15)18/h1,4-5,9-10,17,19H,2,6H2,(H,15,18);2-3,8-9,16,18-19H,1,4-5H2,(H,14,17);3-4,8-9,16-18H,1,5H2,2H3,(H2,13,14);2-3,6-7,16-17H,4,13H2,1H3,(H2,12,14,18)/t9-,10+,11+,12+;2*8-,9+,10+,11+;6-,7+,9+,10+/m0000/s1. The number of nitrogens with two attached hydrogens (primary N) is 3. The minimum atomic E-state index is -3.05. The van der Waals surface area contributed by atoms with Gasteiger partial charge in [-0.3, -0.25) is 14.2 Å². The lowest BCUT2D eigenvalue weighted by Gasteiger charge is -2.37. The molecule has 0 aliphatic carbocycles. The predicted molar refractivity (Wildman–Crippen MR) is 250 cm³/mol. The van der Waals surface area contributed by atoms with Crippen LogP contribution in [0.4, 0.5) is 32.2 Å². The third-order valence-corrected chi connectivity index (χ3v) is 12.8. The van der Waals surface area contributed by atoms with Crippen LogP contribution in [0.5, 0.6) is 0 Å². The van der Waals surface area contributed by atoms with E-state index in [-0.39, 0.29) is 29.1 Å². The molecule has 16 atom stereocenters. The largest absolute Gasteiger partial charge is 0.390 e. The van der Waals surface area contributed by atoms with Crippen LogP contribution in [0.15, 0.2) is 96.1 Å². The van der Waals surface area contributed by atoms with Gasteiger partial charge in [0.25, 0.3) is 35.2 Å². The van der Waals surface area contributed by atoms with Crippen molar-refractivity contribution in [3.63, 3.8) is 0 Å². The summed E-state index contributed by atoms with van der Waals surface area (Å²) in [6, 6.07) is 1.31. The number of carbonyl (C=O) groups excluding carboxylic acids is 2. The van der Waals surface area contributed by atoms with Gasteiger partial charge in [0.15, 0.2) is 42.7 Å². The molecule has 1 aromatic heterocycles. The van der Waals surface area contributed by atoms with Crippen LogP contribution in [0.25, 0.3) is 0 Å². The van der Waals surface area contributed by atoms with E-state index >= 15 is 0 Å². The highest BCUT2D eigenvalue weighted by Crippen LogP contribution is 2.47. The van der Waals surface area contributed by atoms with Gasteiger partial charge in [-0.05, 0) is 26.0 Å². The van der Waals surface area contributed by atoms with Crippen molar-refractivity contribution in [1.82, 2.24) is 34.9 Å². The minimum absolute atomic E-state index is 0.00723. The number of anilines is 1. The van der Waals surface area contributed by atoms with Crippen LogP contribution in [0, 0.1) is 12.3 Å². The number of rotatable bonds is 9. The van der Waals surface area contributed by atoms with Crippen molar-refractivity contribution < 1.29 is 106 Å². The molecule has 0 saturated carbocycles. The smallest absolute Gasteiger partial charge is 0.351 e. The number of alkyl halides is 6. The molecule has 7 aliphatic rings. The molecule has 4 fully saturated rings. The predicted octanol–water partition coefficient (Wildman–Crippen LogP) is -5.54. The summed E-state index contributed by atoms with van der Waals surface area (Å²) in [7, 11) is 0. The quantitative estimate of drug-likeness (QED) is 0.0810. The summed E-state index contributed by atoms with van der Waals surface area (Å²) in [6.07, 6.45) is -1.22. The van der Waals surface area contributed by atoms with Gasteiger partial charge in [-0.1, -0.05) is 25.7 Å². The first kappa shape index (κ1) is 62.3. The fourth-order valence-electron chi connectivity index (χ4n) is 8.31. The molecule has 0 unspecified atom stereocenters. The van der Waals surface area contributed by atoms with Gasteiger partial charge in [0.1, 0.15) is 80.0 Å². The second kappa shape index (κ2) is 22.3. The minimum Gasteiger partial charge on any atom is -0.390 e. The van der Waals surface area contributed by atoms with E-state index in [9.17, 15) is 71.4 Å². The Morgan fingerprint density at radius 3 is 1.56 bits per heavy atom. The first-order valence-corrected chi connectivity index (χ1v) is 22.4. The van der Waals surface area contributed by atoms with Gasteiger partial charge in [-0.15, -0.1) is 6.42 Å². The van der Waals surface area contributed by atoms with Crippen molar-refractivity contribution >= 4 is 23.5 Å². The molecule has 1 aromatic rings. The summed E-state index contributed by atoms with van der Waals surface area (Å²) in [5, 5.41) is 99.5. The zero-order valence-corrected chi connectivity index (χ0v) is 41.0. The molecule has 432 valence electrons. The molecular formula is C44H57F6N11O17. The number of amidine groups is 1. The Hall–Kier alpha value is -6.53. The molecule has 34 heteroatoms. The summed E-state index contributed by atoms with van der Waals surface area (Å²) in [5.74, 6) is -10.8. The third-order valence-electron chi connectivity index (χ3n) is 12.8. The van der Waals surface area contributed by atoms with E-state index in [0.29, 0.717) is 0 Å². The number of nitrogen functional groups attached to an aromatic ring is 1. The van der Waals surface area contributed by atoms with Crippen LogP contribution in [-0.4, -0.2) is 215 Å². The normalized spacial score (nSPS) is 40.8. The highest BCUT2D eigenvalue weighted by Gasteiger charge is 2.69. The maximum atomic E-state index is 14.6. The molecular weight excluding hydrogens is 1070 g/mol. The van der Waals surface area contributed by atoms with Gasteiger partial charge < -0.3 is 113 Å². The van der Waals surface area contributed by atoms with E-state index in [4.69, 9.17) is 63.0 Å². The van der Waals surface area contributed by atoms with Crippen molar-refractivity contribution in [3.8, 4) is 12.3 Å². The summed E-state index contributed by atoms with van der Waals surface area (Å²) in [5.41, 5.74) is 6.66. The number of hydrogen-bond acceptors (Lipinski definition) is 25. The summed E-state index contributed by atoms with van der Waals surface area (Å²) in [4.78, 5) is 44.3. The summed E-state index contributed by atoms with van der Waals surface area (Å²) in [6.45, 7) is 6.74. The fraction of sp³-hybridized carbons (Fsp3) is 0.523. The lowest BCUT2D eigenvalue weighted by molar-refractivity contribution is -0.210. The molecule has 78 heavy (non-hydrogen) atoms. The number of ether oxygens (including phenoxy) is 4. The zero-order chi connectivity index (χ0) is 59.1. The van der Waals surface area contributed by atoms with E-state index in [1.54, 1.807) is 5.92 Å². The molecule has 7 aliphatic heterocycles. The average molecular weight is 1130 g/mol. The Balaban J connectivity index is 0.000000192. The molecule has 28 nitrogen and oxygen atoms in total. The van der Waals surface area contributed by atoms with Crippen LogP contribution >= 0.6 is 0 Å². The number of terminal acetylenes is 1. The number of amides is 2. The highest BCUT2D eigenvalue weighted by atomic mass is 19.2. The molecule has 4 saturated heterocycles. The van der Waals surface area contributed by atoms with Crippen molar-refractivity contribution in [2.24, 2.45) is 16.5 Å². The monoisotopic (exact) mass is 1130 g/mol. The zero-order valence-electron chi connectivity index (χ0n) is 41.0. The van der Waals surface area contributed by atoms with Gasteiger partial charge in [-0.25, -0.2) is 36.1 Å². The molecule has 0 radical (unpaired) electrons. The first-order chi connectivity index (χ1) is 36.0. The number of nitrogens with one attached hydrogen (secondary N) is 2. The second-order valence-electron chi connectivity index (χ2n) is 18.4. The van der Waals surface area contributed by atoms with Gasteiger partial charge in [0.2, 0.25) is 5.67 Å². The van der Waals surface area contributed by atoms with Crippen LogP contribution in [0.3, 0.4) is 0 Å². The molecule has 2 amide bonds. The summed E-state index contributed by atoms with van der Waals surface area (Å²) >= 11 is 0. The van der Waals surface area contributed by atoms with Gasteiger partial charge >= 0.3 is 5.69 Å². The lowest BCUT2D eigenvalue weighted by atomic mass is 9.92. The number of nitrogens with zero attached hydrogens (tertiary/aromatic N) is 6. The fourth-order valence-corrected chi connectivity index (χ4v) is 8.31. The number of aliphatic hydroxyl groups excluding tert-OH is 8. The van der Waals surface area contributed by atoms with Gasteiger partial charge in [0, 0.05) is 36.9 Å². The van der Waals surface area contributed by atoms with E-state index in [1.165, 1.54) is 43.3 Å². The first-order valence-electron chi connectivity index (χ1n) is 22.4. The Morgan fingerprint density at radius 2 is 1.13 bits per heavy atom.